The van der Waals surface area contributed by atoms with Gasteiger partial charge >= 0.3 is 0 Å². The van der Waals surface area contributed by atoms with Crippen molar-refractivity contribution in [3.05, 3.63) is 23.5 Å². The first-order chi connectivity index (χ1) is 6.19. The van der Waals surface area contributed by atoms with E-state index in [4.69, 9.17) is 5.73 Å². The van der Waals surface area contributed by atoms with Crippen LogP contribution in [0.4, 0.5) is 0 Å². The minimum absolute atomic E-state index is 0.645. The van der Waals surface area contributed by atoms with Crippen LogP contribution in [0.1, 0.15) is 32.2 Å². The molecule has 13 heavy (non-hydrogen) atoms. The van der Waals surface area contributed by atoms with Crippen molar-refractivity contribution in [3.8, 4) is 0 Å². The molecule has 0 unspecified atom stereocenters. The third-order valence-corrected chi connectivity index (χ3v) is 2.30. The van der Waals surface area contributed by atoms with Crippen LogP contribution in [0.15, 0.2) is 12.1 Å². The minimum atomic E-state index is 0.645. The topological polar surface area (TPSA) is 30.9 Å². The van der Waals surface area contributed by atoms with E-state index in [1.807, 2.05) is 0 Å². The van der Waals surface area contributed by atoms with Gasteiger partial charge in [-0.1, -0.05) is 13.8 Å². The molecule has 2 heteroatoms. The predicted octanol–water partition coefficient (Wildman–Crippen LogP) is 2.17. The summed E-state index contributed by atoms with van der Waals surface area (Å²) in [6.07, 6.45) is 1.15. The first kappa shape index (κ1) is 10.3. The quantitative estimate of drug-likeness (QED) is 0.756. The highest BCUT2D eigenvalue weighted by Crippen LogP contribution is 2.13. The van der Waals surface area contributed by atoms with Crippen LogP contribution in [0, 0.1) is 5.92 Å². The number of nitrogens with zero attached hydrogens (tertiary/aromatic N) is 1. The Bertz CT molecular complexity index is 261. The van der Waals surface area contributed by atoms with E-state index in [0.29, 0.717) is 12.5 Å². The molecular formula is C11H20N2. The van der Waals surface area contributed by atoms with Gasteiger partial charge in [-0.2, -0.15) is 0 Å². The van der Waals surface area contributed by atoms with E-state index < -0.39 is 0 Å². The molecule has 0 aliphatic carbocycles. The molecule has 1 aromatic heterocycles. The molecule has 0 atom stereocenters. The van der Waals surface area contributed by atoms with E-state index in [1.54, 1.807) is 0 Å². The lowest BCUT2D eigenvalue weighted by molar-refractivity contribution is 0.587. The molecule has 0 amide bonds. The van der Waals surface area contributed by atoms with E-state index in [1.165, 1.54) is 11.4 Å². The highest BCUT2D eigenvalue weighted by atomic mass is 15.0. The summed E-state index contributed by atoms with van der Waals surface area (Å²) < 4.78 is 2.32. The second kappa shape index (κ2) is 4.47. The summed E-state index contributed by atoms with van der Waals surface area (Å²) in [5.41, 5.74) is 8.31. The largest absolute Gasteiger partial charge is 0.348 e. The van der Waals surface area contributed by atoms with Crippen LogP contribution in [-0.4, -0.2) is 4.57 Å². The van der Waals surface area contributed by atoms with Crippen LogP contribution < -0.4 is 5.73 Å². The maximum Gasteiger partial charge on any atom is 0.0334 e. The standard InChI is InChI=1S/C11H20N2/c1-4-13-10(7-9(2)3)5-6-11(13)8-12/h5-6,9H,4,7-8,12H2,1-3H3. The fourth-order valence-electron chi connectivity index (χ4n) is 1.74. The number of hydrogen-bond donors (Lipinski definition) is 1. The Labute approximate surface area is 80.7 Å². The molecule has 0 aliphatic heterocycles. The Kier molecular flexibility index (Phi) is 3.55. The molecule has 2 N–H and O–H groups in total. The molecule has 0 saturated heterocycles. The molecular weight excluding hydrogens is 160 g/mol. The van der Waals surface area contributed by atoms with Gasteiger partial charge in [0.15, 0.2) is 0 Å². The summed E-state index contributed by atoms with van der Waals surface area (Å²) in [7, 11) is 0. The van der Waals surface area contributed by atoms with Crippen molar-refractivity contribution >= 4 is 0 Å². The number of aromatic nitrogens is 1. The van der Waals surface area contributed by atoms with Gasteiger partial charge < -0.3 is 10.3 Å². The summed E-state index contributed by atoms with van der Waals surface area (Å²) in [6, 6.07) is 4.34. The van der Waals surface area contributed by atoms with Crippen LogP contribution in [-0.2, 0) is 19.5 Å². The Hall–Kier alpha value is -0.760. The molecule has 0 spiro atoms. The number of nitrogens with two attached hydrogens (primary N) is 1. The maximum atomic E-state index is 5.65. The average Bonchev–Trinajstić information content (AvgIpc) is 2.45. The van der Waals surface area contributed by atoms with E-state index in [0.717, 1.165) is 13.0 Å². The van der Waals surface area contributed by atoms with E-state index >= 15 is 0 Å². The lowest BCUT2D eigenvalue weighted by atomic mass is 10.1. The van der Waals surface area contributed by atoms with Crippen LogP contribution in [0.3, 0.4) is 0 Å². The van der Waals surface area contributed by atoms with Gasteiger partial charge in [-0.3, -0.25) is 0 Å². The number of rotatable bonds is 4. The van der Waals surface area contributed by atoms with Crippen molar-refractivity contribution in [1.82, 2.24) is 4.57 Å². The van der Waals surface area contributed by atoms with Crippen molar-refractivity contribution in [2.75, 3.05) is 0 Å². The SMILES string of the molecule is CCn1c(CN)ccc1CC(C)C. The zero-order valence-corrected chi connectivity index (χ0v) is 8.88. The summed E-state index contributed by atoms with van der Waals surface area (Å²) in [5.74, 6) is 0.714. The van der Waals surface area contributed by atoms with Crippen LogP contribution in [0.5, 0.6) is 0 Å². The number of hydrogen-bond acceptors (Lipinski definition) is 1. The van der Waals surface area contributed by atoms with Gasteiger partial charge in [-0.15, -0.1) is 0 Å². The molecule has 0 radical (unpaired) electrons. The molecule has 0 fully saturated rings. The van der Waals surface area contributed by atoms with Crippen LogP contribution in [0.2, 0.25) is 0 Å². The minimum Gasteiger partial charge on any atom is -0.348 e. The van der Waals surface area contributed by atoms with E-state index in [-0.39, 0.29) is 0 Å². The zero-order chi connectivity index (χ0) is 9.84. The normalized spacial score (nSPS) is 11.2. The Balaban J connectivity index is 2.87. The molecule has 0 bridgehead atoms. The lowest BCUT2D eigenvalue weighted by Crippen LogP contribution is -2.10. The van der Waals surface area contributed by atoms with Crippen molar-refractivity contribution in [2.24, 2.45) is 11.7 Å². The fourth-order valence-corrected chi connectivity index (χ4v) is 1.74. The van der Waals surface area contributed by atoms with Gasteiger partial charge in [-0.05, 0) is 31.4 Å². The van der Waals surface area contributed by atoms with Gasteiger partial charge in [0.05, 0.1) is 0 Å². The van der Waals surface area contributed by atoms with Gasteiger partial charge in [0.1, 0.15) is 0 Å². The highest BCUT2D eigenvalue weighted by molar-refractivity contribution is 5.16. The van der Waals surface area contributed by atoms with Crippen LogP contribution in [0.25, 0.3) is 0 Å². The van der Waals surface area contributed by atoms with Crippen molar-refractivity contribution < 1.29 is 0 Å². The third kappa shape index (κ3) is 2.34. The molecule has 74 valence electrons. The van der Waals surface area contributed by atoms with Crippen molar-refractivity contribution in [1.29, 1.82) is 0 Å². The third-order valence-electron chi connectivity index (χ3n) is 2.30. The Morgan fingerprint density at radius 3 is 2.38 bits per heavy atom. The van der Waals surface area contributed by atoms with E-state index in [9.17, 15) is 0 Å². The van der Waals surface area contributed by atoms with Crippen molar-refractivity contribution in [2.45, 2.75) is 40.3 Å². The molecule has 0 aromatic carbocycles. The summed E-state index contributed by atoms with van der Waals surface area (Å²) >= 11 is 0. The second-order valence-corrected chi connectivity index (χ2v) is 3.86. The molecule has 1 heterocycles. The average molecular weight is 180 g/mol. The van der Waals surface area contributed by atoms with Gasteiger partial charge in [0.2, 0.25) is 0 Å². The summed E-state index contributed by atoms with van der Waals surface area (Å²) in [5, 5.41) is 0. The maximum absolute atomic E-state index is 5.65. The molecule has 0 aliphatic rings. The van der Waals surface area contributed by atoms with Gasteiger partial charge in [0.25, 0.3) is 0 Å². The van der Waals surface area contributed by atoms with Crippen molar-refractivity contribution in [3.63, 3.8) is 0 Å². The summed E-state index contributed by atoms with van der Waals surface area (Å²) in [6.45, 7) is 8.33. The molecule has 0 saturated carbocycles. The molecule has 2 nitrogen and oxygen atoms in total. The Morgan fingerprint density at radius 2 is 1.92 bits per heavy atom. The first-order valence-corrected chi connectivity index (χ1v) is 5.06. The van der Waals surface area contributed by atoms with Crippen LogP contribution >= 0.6 is 0 Å². The fraction of sp³-hybridized carbons (Fsp3) is 0.636. The van der Waals surface area contributed by atoms with Gasteiger partial charge in [0, 0.05) is 24.5 Å². The monoisotopic (exact) mass is 180 g/mol. The first-order valence-electron chi connectivity index (χ1n) is 5.06. The predicted molar refractivity (Wildman–Crippen MR) is 56.5 cm³/mol. The second-order valence-electron chi connectivity index (χ2n) is 3.86. The lowest BCUT2D eigenvalue weighted by Gasteiger charge is -2.11. The molecule has 1 rings (SSSR count). The smallest absolute Gasteiger partial charge is 0.0334 e. The zero-order valence-electron chi connectivity index (χ0n) is 8.88. The van der Waals surface area contributed by atoms with E-state index in [2.05, 4.69) is 37.5 Å². The van der Waals surface area contributed by atoms with Gasteiger partial charge in [-0.25, -0.2) is 0 Å². The highest BCUT2D eigenvalue weighted by Gasteiger charge is 2.06. The molecule has 1 aromatic rings. The Morgan fingerprint density at radius 1 is 1.31 bits per heavy atom. The summed E-state index contributed by atoms with van der Waals surface area (Å²) in [4.78, 5) is 0.